The van der Waals surface area contributed by atoms with Gasteiger partial charge in [0.25, 0.3) is 5.56 Å². The first-order chi connectivity index (χ1) is 9.74. The molecule has 0 saturated carbocycles. The summed E-state index contributed by atoms with van der Waals surface area (Å²) in [7, 11) is 0. The molecule has 0 radical (unpaired) electrons. The van der Waals surface area contributed by atoms with Gasteiger partial charge in [0.1, 0.15) is 10.7 Å². The van der Waals surface area contributed by atoms with Crippen molar-refractivity contribution in [3.05, 3.63) is 58.9 Å². The number of nitrogens with two attached hydrogens (primary N) is 1. The van der Waals surface area contributed by atoms with Crippen molar-refractivity contribution in [1.29, 1.82) is 0 Å². The van der Waals surface area contributed by atoms with Gasteiger partial charge in [-0.2, -0.15) is 0 Å². The monoisotopic (exact) mass is 285 g/mol. The fourth-order valence-corrected chi connectivity index (χ4v) is 2.53. The van der Waals surface area contributed by atoms with Crippen molar-refractivity contribution >= 4 is 23.2 Å². The van der Waals surface area contributed by atoms with Gasteiger partial charge < -0.3 is 5.73 Å². The van der Waals surface area contributed by atoms with Crippen molar-refractivity contribution in [3.8, 4) is 0 Å². The lowest BCUT2D eigenvalue weighted by atomic mass is 10.4. The minimum Gasteiger partial charge on any atom is -0.381 e. The smallest absolute Gasteiger partial charge is 0.258 e. The Labute approximate surface area is 118 Å². The molecule has 7 heteroatoms. The second kappa shape index (κ2) is 5.30. The number of hydrogen-bond acceptors (Lipinski definition) is 6. The summed E-state index contributed by atoms with van der Waals surface area (Å²) in [6, 6.07) is 6.96. The molecule has 0 fully saturated rings. The molecule has 0 aliphatic heterocycles. The van der Waals surface area contributed by atoms with Crippen LogP contribution in [0.1, 0.15) is 5.69 Å². The molecular formula is C13H11N5OS. The number of hydrogen-bond donors (Lipinski definition) is 1. The van der Waals surface area contributed by atoms with Crippen LogP contribution in [0.2, 0.25) is 0 Å². The number of pyridine rings is 1. The van der Waals surface area contributed by atoms with Crippen LogP contribution in [0, 0.1) is 0 Å². The third-order valence-corrected chi connectivity index (χ3v) is 3.70. The molecule has 3 aromatic heterocycles. The minimum absolute atomic E-state index is 0.0988. The molecule has 0 aliphatic carbocycles. The molecule has 3 rings (SSSR count). The van der Waals surface area contributed by atoms with Gasteiger partial charge >= 0.3 is 0 Å². The zero-order valence-corrected chi connectivity index (χ0v) is 11.2. The Balaban J connectivity index is 1.88. The summed E-state index contributed by atoms with van der Waals surface area (Å²) < 4.78 is 1.50. The van der Waals surface area contributed by atoms with Crippen molar-refractivity contribution in [2.45, 2.75) is 10.8 Å². The lowest BCUT2D eigenvalue weighted by Gasteiger charge is -2.04. The first-order valence-corrected chi connectivity index (χ1v) is 6.89. The zero-order valence-electron chi connectivity index (χ0n) is 10.4. The molecule has 0 unspecified atom stereocenters. The van der Waals surface area contributed by atoms with E-state index in [9.17, 15) is 4.79 Å². The molecule has 2 N–H and O–H groups in total. The van der Waals surface area contributed by atoms with Gasteiger partial charge in [0.15, 0.2) is 5.82 Å². The van der Waals surface area contributed by atoms with E-state index in [1.165, 1.54) is 22.2 Å². The van der Waals surface area contributed by atoms with Crippen LogP contribution in [-0.2, 0) is 5.75 Å². The quantitative estimate of drug-likeness (QED) is 0.731. The van der Waals surface area contributed by atoms with Gasteiger partial charge in [-0.3, -0.25) is 9.20 Å². The van der Waals surface area contributed by atoms with Gasteiger partial charge in [-0.05, 0) is 12.1 Å². The second-order valence-corrected chi connectivity index (χ2v) is 5.01. The van der Waals surface area contributed by atoms with E-state index in [1.54, 1.807) is 30.7 Å². The summed E-state index contributed by atoms with van der Waals surface area (Å²) in [4.78, 5) is 24.5. The Kier molecular flexibility index (Phi) is 3.34. The molecule has 0 amide bonds. The lowest BCUT2D eigenvalue weighted by molar-refractivity contribution is 1.01. The highest BCUT2D eigenvalue weighted by Gasteiger charge is 2.06. The van der Waals surface area contributed by atoms with Crippen LogP contribution in [0.3, 0.4) is 0 Å². The van der Waals surface area contributed by atoms with E-state index in [0.717, 1.165) is 0 Å². The molecule has 0 aromatic carbocycles. The number of nitrogen functional groups attached to an aromatic ring is 1. The predicted octanol–water partition coefficient (Wildman–Crippen LogP) is 1.36. The van der Waals surface area contributed by atoms with Gasteiger partial charge in [0.05, 0.1) is 5.69 Å². The Morgan fingerprint density at radius 2 is 2.10 bits per heavy atom. The number of thioether (sulfide) groups is 1. The van der Waals surface area contributed by atoms with Gasteiger partial charge in [0, 0.05) is 30.4 Å². The van der Waals surface area contributed by atoms with E-state index in [4.69, 9.17) is 5.73 Å². The molecule has 3 aromatic rings. The first kappa shape index (κ1) is 12.6. The average molecular weight is 285 g/mol. The number of fused-ring (bicyclic) bond motifs is 1. The van der Waals surface area contributed by atoms with Crippen LogP contribution in [0.5, 0.6) is 0 Å². The number of anilines is 1. The van der Waals surface area contributed by atoms with Crippen molar-refractivity contribution in [1.82, 2.24) is 19.4 Å². The maximum atomic E-state index is 11.9. The Morgan fingerprint density at radius 3 is 2.95 bits per heavy atom. The maximum absolute atomic E-state index is 11.9. The SMILES string of the molecule is Nc1nccnc1SCc1cc(=O)n2ccccc2n1. The van der Waals surface area contributed by atoms with E-state index in [0.29, 0.717) is 27.9 Å². The van der Waals surface area contributed by atoms with E-state index in [-0.39, 0.29) is 5.56 Å². The van der Waals surface area contributed by atoms with Gasteiger partial charge in [-0.15, -0.1) is 0 Å². The van der Waals surface area contributed by atoms with Crippen LogP contribution in [-0.4, -0.2) is 19.4 Å². The molecule has 6 nitrogen and oxygen atoms in total. The number of nitrogens with zero attached hydrogens (tertiary/aromatic N) is 4. The Bertz CT molecular complexity index is 817. The second-order valence-electron chi connectivity index (χ2n) is 4.05. The van der Waals surface area contributed by atoms with Crippen LogP contribution < -0.4 is 11.3 Å². The summed E-state index contributed by atoms with van der Waals surface area (Å²) in [5.74, 6) is 0.902. The van der Waals surface area contributed by atoms with Crippen molar-refractivity contribution in [3.63, 3.8) is 0 Å². The topological polar surface area (TPSA) is 86.2 Å². The molecule has 0 aliphatic rings. The van der Waals surface area contributed by atoms with Crippen molar-refractivity contribution in [2.24, 2.45) is 0 Å². The molecule has 20 heavy (non-hydrogen) atoms. The fourth-order valence-electron chi connectivity index (χ4n) is 1.77. The minimum atomic E-state index is -0.0988. The largest absolute Gasteiger partial charge is 0.381 e. The summed E-state index contributed by atoms with van der Waals surface area (Å²) >= 11 is 1.41. The normalized spacial score (nSPS) is 10.8. The highest BCUT2D eigenvalue weighted by atomic mass is 32.2. The molecular weight excluding hydrogens is 274 g/mol. The van der Waals surface area contributed by atoms with Crippen LogP contribution in [0.25, 0.3) is 5.65 Å². The third kappa shape index (κ3) is 2.48. The van der Waals surface area contributed by atoms with Gasteiger partial charge in [-0.1, -0.05) is 17.8 Å². The van der Waals surface area contributed by atoms with Gasteiger partial charge in [-0.25, -0.2) is 15.0 Å². The standard InChI is InChI=1S/C13H11N5OS/c14-12-13(16-5-4-15-12)20-8-9-7-11(19)18-6-2-1-3-10(18)17-9/h1-7H,8H2,(H2,14,15). The highest BCUT2D eigenvalue weighted by molar-refractivity contribution is 7.98. The molecule has 0 spiro atoms. The van der Waals surface area contributed by atoms with Crippen molar-refractivity contribution < 1.29 is 0 Å². The van der Waals surface area contributed by atoms with E-state index < -0.39 is 0 Å². The van der Waals surface area contributed by atoms with Gasteiger partial charge in [0.2, 0.25) is 0 Å². The van der Waals surface area contributed by atoms with E-state index >= 15 is 0 Å². The lowest BCUT2D eigenvalue weighted by Crippen LogP contribution is -2.14. The van der Waals surface area contributed by atoms with Crippen LogP contribution in [0.15, 0.2) is 52.7 Å². The molecule has 0 saturated heterocycles. The summed E-state index contributed by atoms with van der Waals surface area (Å²) in [5.41, 5.74) is 6.94. The highest BCUT2D eigenvalue weighted by Crippen LogP contribution is 2.22. The zero-order chi connectivity index (χ0) is 13.9. The first-order valence-electron chi connectivity index (χ1n) is 5.90. The number of rotatable bonds is 3. The molecule has 0 bridgehead atoms. The summed E-state index contributed by atoms with van der Waals surface area (Å²) in [6.07, 6.45) is 4.82. The molecule has 3 heterocycles. The van der Waals surface area contributed by atoms with E-state index in [2.05, 4.69) is 15.0 Å². The van der Waals surface area contributed by atoms with Crippen LogP contribution in [0.4, 0.5) is 5.82 Å². The maximum Gasteiger partial charge on any atom is 0.258 e. The average Bonchev–Trinajstić information content (AvgIpc) is 2.46. The third-order valence-electron chi connectivity index (χ3n) is 2.67. The summed E-state index contributed by atoms with van der Waals surface area (Å²) in [5, 5.41) is 0.641. The Hall–Kier alpha value is -2.41. The number of aromatic nitrogens is 4. The fraction of sp³-hybridized carbons (Fsp3) is 0.0769. The summed E-state index contributed by atoms with van der Waals surface area (Å²) in [6.45, 7) is 0. The molecule has 100 valence electrons. The van der Waals surface area contributed by atoms with E-state index in [1.807, 2.05) is 6.07 Å². The molecule has 0 atom stereocenters. The van der Waals surface area contributed by atoms with Crippen LogP contribution >= 0.6 is 11.8 Å². The Morgan fingerprint density at radius 1 is 1.25 bits per heavy atom. The van der Waals surface area contributed by atoms with Crippen molar-refractivity contribution in [2.75, 3.05) is 5.73 Å². The predicted molar refractivity (Wildman–Crippen MR) is 77.5 cm³/mol.